The van der Waals surface area contributed by atoms with Crippen LogP contribution >= 0.6 is 0 Å². The van der Waals surface area contributed by atoms with E-state index in [1.807, 2.05) is 41.3 Å². The van der Waals surface area contributed by atoms with E-state index >= 15 is 0 Å². The fraction of sp³-hybridized carbons (Fsp3) is 0.500. The van der Waals surface area contributed by atoms with Gasteiger partial charge in [0.05, 0.1) is 11.9 Å². The number of nitrogens with zero attached hydrogens (tertiary/aromatic N) is 3. The lowest BCUT2D eigenvalue weighted by Crippen LogP contribution is -2.48. The molecule has 1 unspecified atom stereocenters. The van der Waals surface area contributed by atoms with Gasteiger partial charge in [-0.1, -0.05) is 30.3 Å². The second-order valence-electron chi connectivity index (χ2n) is 10.1. The molecule has 0 spiro atoms. The van der Waals surface area contributed by atoms with Crippen LogP contribution in [0, 0.1) is 5.92 Å². The minimum absolute atomic E-state index is 0.0745. The quantitative estimate of drug-likeness (QED) is 0.652. The number of amides is 1. The fourth-order valence-electron chi connectivity index (χ4n) is 5.00. The minimum Gasteiger partial charge on any atom is -0.390 e. The number of para-hydroxylation sites is 1. The van der Waals surface area contributed by atoms with Gasteiger partial charge in [-0.3, -0.25) is 4.79 Å². The van der Waals surface area contributed by atoms with Gasteiger partial charge >= 0.3 is 0 Å². The first-order chi connectivity index (χ1) is 16.0. The van der Waals surface area contributed by atoms with Crippen LogP contribution in [0.25, 0.3) is 0 Å². The third-order valence-corrected chi connectivity index (χ3v) is 8.01. The van der Waals surface area contributed by atoms with E-state index in [1.54, 1.807) is 13.8 Å². The normalized spacial score (nSPS) is 20.2. The van der Waals surface area contributed by atoms with E-state index in [0.29, 0.717) is 45.6 Å². The minimum atomic E-state index is -3.17. The molecule has 2 fully saturated rings. The van der Waals surface area contributed by atoms with Crippen molar-refractivity contribution in [1.82, 2.24) is 4.31 Å². The molecule has 2 aromatic carbocycles. The molecule has 1 N–H and O–H groups in total. The molecule has 1 atom stereocenters. The molecule has 4 rings (SSSR count). The Kier molecular flexibility index (Phi) is 7.03. The fourth-order valence-corrected chi connectivity index (χ4v) is 5.82. The van der Waals surface area contributed by atoms with E-state index < -0.39 is 15.6 Å². The highest BCUT2D eigenvalue weighted by Gasteiger charge is 2.33. The van der Waals surface area contributed by atoms with Crippen LogP contribution in [0.2, 0.25) is 0 Å². The number of hydrogen-bond acceptors (Lipinski definition) is 5. The molecule has 2 aliphatic heterocycles. The largest absolute Gasteiger partial charge is 0.390 e. The van der Waals surface area contributed by atoms with Crippen LogP contribution in [-0.2, 0) is 27.7 Å². The number of carbonyl (C=O) groups is 1. The topological polar surface area (TPSA) is 81.2 Å². The van der Waals surface area contributed by atoms with Gasteiger partial charge in [-0.25, -0.2) is 8.42 Å². The van der Waals surface area contributed by atoms with Crippen molar-refractivity contribution in [2.45, 2.75) is 38.7 Å². The molecule has 0 aliphatic carbocycles. The van der Waals surface area contributed by atoms with E-state index in [1.165, 1.54) is 10.6 Å². The first kappa shape index (κ1) is 24.7. The first-order valence-electron chi connectivity index (χ1n) is 11.9. The molecule has 2 aromatic rings. The maximum absolute atomic E-state index is 13.3. The molecular weight excluding hydrogens is 450 g/mol. The van der Waals surface area contributed by atoms with Gasteiger partial charge in [0.25, 0.3) is 0 Å². The van der Waals surface area contributed by atoms with Crippen LogP contribution in [0.3, 0.4) is 0 Å². The van der Waals surface area contributed by atoms with Gasteiger partial charge in [0.15, 0.2) is 0 Å². The number of hydrogen-bond donors (Lipinski definition) is 1. The highest BCUT2D eigenvalue weighted by Crippen LogP contribution is 2.31. The molecule has 2 heterocycles. The molecule has 34 heavy (non-hydrogen) atoms. The number of aliphatic hydroxyl groups is 1. The molecule has 0 saturated carbocycles. The highest BCUT2D eigenvalue weighted by atomic mass is 32.2. The van der Waals surface area contributed by atoms with Crippen molar-refractivity contribution < 1.29 is 18.3 Å². The van der Waals surface area contributed by atoms with Crippen LogP contribution in [-0.4, -0.2) is 68.3 Å². The number of sulfonamides is 1. The molecule has 7 nitrogen and oxygen atoms in total. The Bertz CT molecular complexity index is 1120. The van der Waals surface area contributed by atoms with E-state index in [9.17, 15) is 18.3 Å². The maximum Gasteiger partial charge on any atom is 0.230 e. The van der Waals surface area contributed by atoms with Crippen molar-refractivity contribution in [2.75, 3.05) is 48.8 Å². The van der Waals surface area contributed by atoms with Crippen LogP contribution in [0.15, 0.2) is 48.5 Å². The van der Waals surface area contributed by atoms with Crippen LogP contribution in [0.1, 0.15) is 31.4 Å². The predicted molar refractivity (Wildman–Crippen MR) is 136 cm³/mol. The van der Waals surface area contributed by atoms with Crippen LogP contribution in [0.4, 0.5) is 11.4 Å². The Morgan fingerprint density at radius 2 is 1.62 bits per heavy atom. The second-order valence-corrected chi connectivity index (χ2v) is 12.1. The summed E-state index contributed by atoms with van der Waals surface area (Å²) in [5.74, 6) is 0.0708. The van der Waals surface area contributed by atoms with Gasteiger partial charge in [0.2, 0.25) is 15.9 Å². The van der Waals surface area contributed by atoms with Gasteiger partial charge < -0.3 is 14.9 Å². The average Bonchev–Trinajstić information content (AvgIpc) is 3.13. The molecule has 0 radical (unpaired) electrons. The van der Waals surface area contributed by atoms with Gasteiger partial charge in [-0.05, 0) is 56.0 Å². The summed E-state index contributed by atoms with van der Waals surface area (Å²) in [6, 6.07) is 16.1. The van der Waals surface area contributed by atoms with E-state index in [4.69, 9.17) is 0 Å². The highest BCUT2D eigenvalue weighted by molar-refractivity contribution is 7.88. The van der Waals surface area contributed by atoms with Crippen molar-refractivity contribution in [3.8, 4) is 0 Å². The van der Waals surface area contributed by atoms with Gasteiger partial charge in [0.1, 0.15) is 0 Å². The number of rotatable bonds is 7. The van der Waals surface area contributed by atoms with Crippen molar-refractivity contribution in [1.29, 1.82) is 0 Å². The zero-order valence-electron chi connectivity index (χ0n) is 20.3. The smallest absolute Gasteiger partial charge is 0.230 e. The monoisotopic (exact) mass is 485 g/mol. The summed E-state index contributed by atoms with van der Waals surface area (Å²) in [5, 5.41) is 10.0. The molecule has 184 valence electrons. The SMILES string of the molecule is CC(C)(O)Cc1ccc(N2CCC(Cc3ccccc3N3CCN(S(C)(=O)=O)CC3)C2=O)cc1. The van der Waals surface area contributed by atoms with Crippen LogP contribution < -0.4 is 9.80 Å². The number of anilines is 2. The maximum atomic E-state index is 13.3. The Morgan fingerprint density at radius 3 is 2.24 bits per heavy atom. The average molecular weight is 486 g/mol. The van der Waals surface area contributed by atoms with E-state index in [0.717, 1.165) is 28.9 Å². The number of piperazine rings is 1. The molecule has 0 aromatic heterocycles. The van der Waals surface area contributed by atoms with Crippen molar-refractivity contribution in [3.05, 3.63) is 59.7 Å². The number of benzene rings is 2. The van der Waals surface area contributed by atoms with E-state index in [-0.39, 0.29) is 11.8 Å². The summed E-state index contributed by atoms with van der Waals surface area (Å²) in [6.45, 7) is 6.53. The Balaban J connectivity index is 1.42. The Morgan fingerprint density at radius 1 is 0.971 bits per heavy atom. The Hall–Kier alpha value is -2.42. The lowest BCUT2D eigenvalue weighted by atomic mass is 9.96. The zero-order chi connectivity index (χ0) is 24.5. The van der Waals surface area contributed by atoms with Crippen molar-refractivity contribution in [3.63, 3.8) is 0 Å². The standard InChI is InChI=1S/C26H35N3O4S/c1-26(2,31)19-20-8-10-23(11-9-20)29-13-12-22(25(29)30)18-21-6-4-5-7-24(21)27-14-16-28(17-15-27)34(3,32)33/h4-11,22,31H,12-19H2,1-3H3. The second kappa shape index (κ2) is 9.68. The molecule has 2 aliphatic rings. The predicted octanol–water partition coefficient (Wildman–Crippen LogP) is 2.68. The third-order valence-electron chi connectivity index (χ3n) is 6.71. The number of carbonyl (C=O) groups excluding carboxylic acids is 1. The molecule has 2 saturated heterocycles. The summed E-state index contributed by atoms with van der Waals surface area (Å²) >= 11 is 0. The van der Waals surface area contributed by atoms with Gasteiger partial charge in [-0.2, -0.15) is 4.31 Å². The Labute approximate surface area is 203 Å². The molecular formula is C26H35N3O4S. The third kappa shape index (κ3) is 5.79. The summed E-state index contributed by atoms with van der Waals surface area (Å²) in [5.41, 5.74) is 3.41. The summed E-state index contributed by atoms with van der Waals surface area (Å²) in [4.78, 5) is 17.4. The van der Waals surface area contributed by atoms with Gasteiger partial charge in [0, 0.05) is 56.4 Å². The van der Waals surface area contributed by atoms with Gasteiger partial charge in [-0.15, -0.1) is 0 Å². The lowest BCUT2D eigenvalue weighted by molar-refractivity contribution is -0.120. The first-order valence-corrected chi connectivity index (χ1v) is 13.8. The lowest BCUT2D eigenvalue weighted by Gasteiger charge is -2.36. The van der Waals surface area contributed by atoms with Crippen LogP contribution in [0.5, 0.6) is 0 Å². The zero-order valence-corrected chi connectivity index (χ0v) is 21.1. The summed E-state index contributed by atoms with van der Waals surface area (Å²) in [6.07, 6.45) is 3.31. The molecule has 1 amide bonds. The van der Waals surface area contributed by atoms with Crippen molar-refractivity contribution >= 4 is 27.3 Å². The van der Waals surface area contributed by atoms with E-state index in [2.05, 4.69) is 17.0 Å². The molecule has 8 heteroatoms. The molecule has 0 bridgehead atoms. The van der Waals surface area contributed by atoms with Crippen molar-refractivity contribution in [2.24, 2.45) is 5.92 Å². The summed E-state index contributed by atoms with van der Waals surface area (Å²) in [7, 11) is -3.17. The summed E-state index contributed by atoms with van der Waals surface area (Å²) < 4.78 is 25.2.